The summed E-state index contributed by atoms with van der Waals surface area (Å²) in [5.41, 5.74) is 8.80. The van der Waals surface area contributed by atoms with E-state index in [0.29, 0.717) is 0 Å². The molecule has 0 radical (unpaired) electrons. The number of rotatable bonds is 0. The van der Waals surface area contributed by atoms with Crippen LogP contribution in [0.15, 0.2) is 36.4 Å². The second-order valence-corrected chi connectivity index (χ2v) is 3.49. The number of anilines is 2. The van der Waals surface area contributed by atoms with Crippen LogP contribution in [0.2, 0.25) is 0 Å². The first-order valence-corrected chi connectivity index (χ1v) is 4.63. The average Bonchev–Trinajstić information content (AvgIpc) is 2.18. The number of hydrogen-bond donors (Lipinski definition) is 2. The quantitative estimate of drug-likeness (QED) is 0.660. The highest BCUT2D eigenvalue weighted by molar-refractivity contribution is 6.03. The molecule has 0 aromatic heterocycles. The molecule has 2 N–H and O–H groups in total. The monoisotopic (exact) mass is 185 g/mol. The van der Waals surface area contributed by atoms with Gasteiger partial charge in [-0.15, -0.1) is 5.12 Å². The minimum atomic E-state index is 1.15. The van der Waals surface area contributed by atoms with Gasteiger partial charge in [0.1, 0.15) is 0 Å². The molecule has 0 fully saturated rings. The smallest absolute Gasteiger partial charge is 0.0607 e. The maximum atomic E-state index is 3.25. The summed E-state index contributed by atoms with van der Waals surface area (Å²) in [6.45, 7) is 0. The van der Waals surface area contributed by atoms with Crippen LogP contribution in [-0.2, 0) is 0 Å². The van der Waals surface area contributed by atoms with Gasteiger partial charge in [0, 0.05) is 12.4 Å². The Balaban J connectivity index is 2.40. The number of hydrogen-bond acceptors (Lipinski definition) is 3. The molecule has 0 spiro atoms. The Labute approximate surface area is 82.3 Å². The third-order valence-corrected chi connectivity index (χ3v) is 2.48. The van der Waals surface area contributed by atoms with Crippen LogP contribution in [0.5, 0.6) is 0 Å². The Morgan fingerprint density at radius 2 is 1.50 bits per heavy atom. The van der Waals surface area contributed by atoms with Crippen molar-refractivity contribution in [2.45, 2.75) is 0 Å². The zero-order chi connectivity index (χ0) is 9.54. The van der Waals surface area contributed by atoms with Crippen molar-refractivity contribution in [1.29, 1.82) is 0 Å². The fraction of sp³-hybridized carbons (Fsp3) is 0.0909. The van der Waals surface area contributed by atoms with E-state index in [-0.39, 0.29) is 0 Å². The lowest BCUT2D eigenvalue weighted by Crippen LogP contribution is -2.34. The molecule has 14 heavy (non-hydrogen) atoms. The summed E-state index contributed by atoms with van der Waals surface area (Å²) in [6.07, 6.45) is 0. The van der Waals surface area contributed by atoms with E-state index in [9.17, 15) is 0 Å². The average molecular weight is 185 g/mol. The molecule has 3 rings (SSSR count). The van der Waals surface area contributed by atoms with E-state index in [0.717, 1.165) is 11.4 Å². The van der Waals surface area contributed by atoms with E-state index in [1.54, 1.807) is 0 Å². The van der Waals surface area contributed by atoms with Crippen LogP contribution in [0.4, 0.5) is 11.4 Å². The van der Waals surface area contributed by atoms with Gasteiger partial charge in [-0.25, -0.2) is 0 Å². The summed E-state index contributed by atoms with van der Waals surface area (Å²) >= 11 is 0. The molecule has 0 saturated carbocycles. The summed E-state index contributed by atoms with van der Waals surface area (Å²) in [4.78, 5) is 0. The van der Waals surface area contributed by atoms with Crippen molar-refractivity contribution in [3.05, 3.63) is 36.4 Å². The molecular weight excluding hydrogens is 174 g/mol. The van der Waals surface area contributed by atoms with Crippen molar-refractivity contribution in [1.82, 2.24) is 5.12 Å². The van der Waals surface area contributed by atoms with E-state index >= 15 is 0 Å². The zero-order valence-electron chi connectivity index (χ0n) is 7.91. The molecule has 0 unspecified atom stereocenters. The summed E-state index contributed by atoms with van der Waals surface area (Å²) in [5, 5.41) is 4.37. The lowest BCUT2D eigenvalue weighted by atomic mass is 10.1. The highest BCUT2D eigenvalue weighted by atomic mass is 15.7. The molecule has 1 aliphatic rings. The van der Waals surface area contributed by atoms with Gasteiger partial charge in [0.05, 0.1) is 11.4 Å². The van der Waals surface area contributed by atoms with Gasteiger partial charge in [0.25, 0.3) is 0 Å². The molecule has 0 amide bonds. The van der Waals surface area contributed by atoms with Gasteiger partial charge in [-0.2, -0.15) is 0 Å². The van der Waals surface area contributed by atoms with Crippen molar-refractivity contribution in [3.63, 3.8) is 0 Å². The Hall–Kier alpha value is -1.74. The third kappa shape index (κ3) is 0.961. The summed E-state index contributed by atoms with van der Waals surface area (Å²) in [7, 11) is 1.95. The minimum absolute atomic E-state index is 1.15. The maximum Gasteiger partial charge on any atom is 0.0607 e. The van der Waals surface area contributed by atoms with Crippen LogP contribution in [0.25, 0.3) is 10.8 Å². The molecule has 0 atom stereocenters. The van der Waals surface area contributed by atoms with Crippen molar-refractivity contribution in [2.75, 3.05) is 17.9 Å². The van der Waals surface area contributed by atoms with Crippen LogP contribution < -0.4 is 10.9 Å². The largest absolute Gasteiger partial charge is 0.301 e. The lowest BCUT2D eigenvalue weighted by molar-refractivity contribution is 0.482. The van der Waals surface area contributed by atoms with Gasteiger partial charge in [-0.05, 0) is 17.5 Å². The van der Waals surface area contributed by atoms with Crippen LogP contribution in [0.3, 0.4) is 0 Å². The molecule has 0 bridgehead atoms. The molecule has 2 aromatic rings. The van der Waals surface area contributed by atoms with Gasteiger partial charge >= 0.3 is 0 Å². The summed E-state index contributed by atoms with van der Waals surface area (Å²) in [5.74, 6) is 0. The zero-order valence-corrected chi connectivity index (χ0v) is 7.91. The Bertz CT molecular complexity index is 452. The van der Waals surface area contributed by atoms with Gasteiger partial charge in [-0.1, -0.05) is 24.3 Å². The molecule has 70 valence electrons. The molecular formula is C11H11N3. The Kier molecular flexibility index (Phi) is 1.43. The molecule has 3 heteroatoms. The predicted molar refractivity (Wildman–Crippen MR) is 59.0 cm³/mol. The van der Waals surface area contributed by atoms with Gasteiger partial charge in [-0.3, -0.25) is 0 Å². The topological polar surface area (TPSA) is 27.3 Å². The van der Waals surface area contributed by atoms with Crippen LogP contribution in [0.1, 0.15) is 0 Å². The van der Waals surface area contributed by atoms with Crippen LogP contribution in [0, 0.1) is 0 Å². The molecule has 0 aliphatic carbocycles. The van der Waals surface area contributed by atoms with Crippen molar-refractivity contribution in [3.8, 4) is 0 Å². The number of hydrazine groups is 2. The third-order valence-electron chi connectivity index (χ3n) is 2.48. The number of nitrogens with one attached hydrogen (secondary N) is 2. The van der Waals surface area contributed by atoms with E-state index in [1.807, 2.05) is 12.2 Å². The first kappa shape index (κ1) is 7.64. The second kappa shape index (κ2) is 2.62. The fourth-order valence-electron chi connectivity index (χ4n) is 1.92. The van der Waals surface area contributed by atoms with E-state index in [1.165, 1.54) is 10.8 Å². The van der Waals surface area contributed by atoms with Gasteiger partial charge in [0.2, 0.25) is 0 Å². The first-order valence-electron chi connectivity index (χ1n) is 4.63. The Morgan fingerprint density at radius 3 is 2.07 bits per heavy atom. The Morgan fingerprint density at radius 1 is 0.929 bits per heavy atom. The fourth-order valence-corrected chi connectivity index (χ4v) is 1.92. The predicted octanol–water partition coefficient (Wildman–Crippen LogP) is 2.44. The van der Waals surface area contributed by atoms with Gasteiger partial charge < -0.3 is 10.9 Å². The summed E-state index contributed by atoms with van der Waals surface area (Å²) < 4.78 is 0. The molecule has 1 aliphatic heterocycles. The molecule has 0 saturated heterocycles. The van der Waals surface area contributed by atoms with E-state index in [2.05, 4.69) is 47.2 Å². The van der Waals surface area contributed by atoms with Crippen LogP contribution in [-0.4, -0.2) is 12.2 Å². The summed E-state index contributed by atoms with van der Waals surface area (Å²) in [6, 6.07) is 12.5. The molecule has 3 nitrogen and oxygen atoms in total. The highest BCUT2D eigenvalue weighted by Gasteiger charge is 2.12. The number of nitrogens with zero attached hydrogens (tertiary/aromatic N) is 1. The second-order valence-electron chi connectivity index (χ2n) is 3.49. The van der Waals surface area contributed by atoms with Gasteiger partial charge in [0.15, 0.2) is 0 Å². The molecule has 1 heterocycles. The van der Waals surface area contributed by atoms with E-state index in [4.69, 9.17) is 0 Å². The normalized spacial score (nSPS) is 14.9. The first-order chi connectivity index (χ1) is 6.84. The minimum Gasteiger partial charge on any atom is -0.301 e. The van der Waals surface area contributed by atoms with Crippen LogP contribution >= 0.6 is 0 Å². The lowest BCUT2D eigenvalue weighted by Gasteiger charge is -2.28. The van der Waals surface area contributed by atoms with E-state index < -0.39 is 0 Å². The highest BCUT2D eigenvalue weighted by Crippen LogP contribution is 2.33. The number of benzene rings is 2. The van der Waals surface area contributed by atoms with Crippen molar-refractivity contribution >= 4 is 22.1 Å². The SMILES string of the molecule is CN1Nc2cccc3cccc(c23)N1. The standard InChI is InChI=1S/C11H11N3/c1-14-12-9-6-2-4-8-5-3-7-10(13-14)11(8)9/h2-7,12-13H,1H3. The molecule has 2 aromatic carbocycles. The van der Waals surface area contributed by atoms with Crippen molar-refractivity contribution in [2.24, 2.45) is 0 Å². The van der Waals surface area contributed by atoms with Crippen molar-refractivity contribution < 1.29 is 0 Å². The maximum absolute atomic E-state index is 3.25.